The van der Waals surface area contributed by atoms with Crippen LogP contribution in [0.25, 0.3) is 0 Å². The zero-order valence-electron chi connectivity index (χ0n) is 11.3. The van der Waals surface area contributed by atoms with Crippen molar-refractivity contribution in [2.45, 2.75) is 29.2 Å². The average Bonchev–Trinajstić information content (AvgIpc) is 2.37. The summed E-state index contributed by atoms with van der Waals surface area (Å²) in [5, 5.41) is 3.51. The predicted octanol–water partition coefficient (Wildman–Crippen LogP) is 1.64. The largest absolute Gasteiger partial charge is 0.373 e. The maximum atomic E-state index is 12.6. The predicted molar refractivity (Wildman–Crippen MR) is 79.1 cm³/mol. The van der Waals surface area contributed by atoms with Gasteiger partial charge in [0.1, 0.15) is 5.82 Å². The third-order valence-corrected chi connectivity index (χ3v) is 6.07. The molecule has 1 N–H and O–H groups in total. The van der Waals surface area contributed by atoms with Gasteiger partial charge in [0.2, 0.25) is 10.0 Å². The van der Waals surface area contributed by atoms with Gasteiger partial charge < -0.3 is 5.32 Å². The molecule has 0 spiro atoms. The first-order valence-corrected chi connectivity index (χ1v) is 8.61. The van der Waals surface area contributed by atoms with Gasteiger partial charge in [0.15, 0.2) is 0 Å². The summed E-state index contributed by atoms with van der Waals surface area (Å²) >= 11 is 1.83. The van der Waals surface area contributed by atoms with Crippen LogP contribution in [0, 0.1) is 0 Å². The number of thioether (sulfide) groups is 1. The molecule has 0 aliphatic carbocycles. The van der Waals surface area contributed by atoms with E-state index in [4.69, 9.17) is 0 Å². The fraction of sp³-hybridized carbons (Fsp3) is 0.583. The van der Waals surface area contributed by atoms with Gasteiger partial charge in [-0.15, -0.1) is 0 Å². The Hall–Kier alpha value is -0.790. The Morgan fingerprint density at radius 3 is 2.58 bits per heavy atom. The van der Waals surface area contributed by atoms with Crippen LogP contribution in [0.4, 0.5) is 5.82 Å². The highest BCUT2D eigenvalue weighted by atomic mass is 32.2. The summed E-state index contributed by atoms with van der Waals surface area (Å²) in [6.07, 6.45) is 1.52. The van der Waals surface area contributed by atoms with Crippen molar-refractivity contribution in [3.8, 4) is 0 Å². The van der Waals surface area contributed by atoms with Gasteiger partial charge in [-0.05, 0) is 6.07 Å². The molecule has 1 saturated heterocycles. The Bertz CT molecular complexity index is 538. The van der Waals surface area contributed by atoms with Crippen LogP contribution in [0.2, 0.25) is 0 Å². The van der Waals surface area contributed by atoms with Crippen molar-refractivity contribution in [3.05, 3.63) is 18.3 Å². The second-order valence-electron chi connectivity index (χ2n) is 4.71. The summed E-state index contributed by atoms with van der Waals surface area (Å²) in [6.45, 7) is 5.26. The first kappa shape index (κ1) is 14.6. The molecule has 19 heavy (non-hydrogen) atoms. The van der Waals surface area contributed by atoms with Gasteiger partial charge in [0.05, 0.1) is 4.90 Å². The van der Waals surface area contributed by atoms with E-state index in [0.29, 0.717) is 34.3 Å². The lowest BCUT2D eigenvalue weighted by Gasteiger charge is -2.33. The van der Waals surface area contributed by atoms with Crippen molar-refractivity contribution < 1.29 is 8.42 Å². The van der Waals surface area contributed by atoms with E-state index >= 15 is 0 Å². The fourth-order valence-corrected chi connectivity index (χ4v) is 5.33. The normalized spacial score (nSPS) is 25.2. The lowest BCUT2D eigenvalue weighted by Crippen LogP contribution is -2.43. The minimum atomic E-state index is -3.42. The van der Waals surface area contributed by atoms with Gasteiger partial charge >= 0.3 is 0 Å². The molecule has 2 atom stereocenters. The van der Waals surface area contributed by atoms with Crippen LogP contribution >= 0.6 is 11.8 Å². The number of hydrogen-bond acceptors (Lipinski definition) is 5. The minimum Gasteiger partial charge on any atom is -0.373 e. The monoisotopic (exact) mass is 301 g/mol. The molecule has 106 valence electrons. The molecule has 7 heteroatoms. The third kappa shape index (κ3) is 3.21. The first-order chi connectivity index (χ1) is 8.93. The highest BCUT2D eigenvalue weighted by Gasteiger charge is 2.32. The van der Waals surface area contributed by atoms with Crippen molar-refractivity contribution in [2.75, 3.05) is 25.5 Å². The molecule has 0 aromatic carbocycles. The maximum Gasteiger partial charge on any atom is 0.243 e. The Kier molecular flexibility index (Phi) is 4.37. The second-order valence-corrected chi connectivity index (χ2v) is 8.53. The van der Waals surface area contributed by atoms with Crippen molar-refractivity contribution in [1.29, 1.82) is 0 Å². The molecular weight excluding hydrogens is 282 g/mol. The molecule has 2 rings (SSSR count). The Balaban J connectivity index is 2.30. The first-order valence-electron chi connectivity index (χ1n) is 6.23. The van der Waals surface area contributed by atoms with Crippen molar-refractivity contribution in [1.82, 2.24) is 9.29 Å². The molecule has 2 unspecified atom stereocenters. The second kappa shape index (κ2) is 5.68. The smallest absolute Gasteiger partial charge is 0.243 e. The number of anilines is 1. The van der Waals surface area contributed by atoms with E-state index in [1.807, 2.05) is 11.8 Å². The average molecular weight is 301 g/mol. The Labute approximate surface area is 118 Å². The topological polar surface area (TPSA) is 62.3 Å². The number of pyridine rings is 1. The lowest BCUT2D eigenvalue weighted by atomic mass is 10.4. The van der Waals surface area contributed by atoms with Gasteiger partial charge in [-0.25, -0.2) is 13.4 Å². The summed E-state index contributed by atoms with van der Waals surface area (Å²) < 4.78 is 26.8. The van der Waals surface area contributed by atoms with Gasteiger partial charge in [0, 0.05) is 42.9 Å². The quantitative estimate of drug-likeness (QED) is 0.919. The van der Waals surface area contributed by atoms with E-state index in [-0.39, 0.29) is 0 Å². The highest BCUT2D eigenvalue weighted by molar-refractivity contribution is 8.00. The number of nitrogens with one attached hydrogen (secondary N) is 1. The number of aromatic nitrogens is 1. The van der Waals surface area contributed by atoms with Crippen LogP contribution in [0.3, 0.4) is 0 Å². The SMILES string of the molecule is CNc1cc(S(=O)(=O)N2CC(C)SC(C)C2)ccn1. The summed E-state index contributed by atoms with van der Waals surface area (Å²) in [5.41, 5.74) is 0. The molecule has 1 aromatic heterocycles. The number of hydrogen-bond donors (Lipinski definition) is 1. The molecule has 5 nitrogen and oxygen atoms in total. The van der Waals surface area contributed by atoms with Crippen molar-refractivity contribution in [2.24, 2.45) is 0 Å². The number of nitrogens with zero attached hydrogens (tertiary/aromatic N) is 2. The van der Waals surface area contributed by atoms with Crippen LogP contribution in [0.1, 0.15) is 13.8 Å². The van der Waals surface area contributed by atoms with Crippen LogP contribution in [-0.2, 0) is 10.0 Å². The van der Waals surface area contributed by atoms with E-state index in [1.54, 1.807) is 23.5 Å². The zero-order chi connectivity index (χ0) is 14.0. The van der Waals surface area contributed by atoms with Gasteiger partial charge in [-0.3, -0.25) is 0 Å². The van der Waals surface area contributed by atoms with E-state index in [0.717, 1.165) is 0 Å². The van der Waals surface area contributed by atoms with Crippen molar-refractivity contribution in [3.63, 3.8) is 0 Å². The highest BCUT2D eigenvalue weighted by Crippen LogP contribution is 2.29. The fourth-order valence-electron chi connectivity index (χ4n) is 2.18. The van der Waals surface area contributed by atoms with Gasteiger partial charge in [-0.2, -0.15) is 16.1 Å². The Morgan fingerprint density at radius 2 is 2.00 bits per heavy atom. The lowest BCUT2D eigenvalue weighted by molar-refractivity contribution is 0.405. The third-order valence-electron chi connectivity index (χ3n) is 3.01. The van der Waals surface area contributed by atoms with Crippen LogP contribution in [-0.4, -0.2) is 48.3 Å². The molecule has 0 radical (unpaired) electrons. The molecule has 1 aliphatic rings. The summed E-state index contributed by atoms with van der Waals surface area (Å²) in [6, 6.07) is 3.12. The van der Waals surface area contributed by atoms with E-state index < -0.39 is 10.0 Å². The van der Waals surface area contributed by atoms with E-state index in [9.17, 15) is 8.42 Å². The molecular formula is C12H19N3O2S2. The molecule has 1 aromatic rings. The van der Waals surface area contributed by atoms with Gasteiger partial charge in [0.25, 0.3) is 0 Å². The van der Waals surface area contributed by atoms with Gasteiger partial charge in [-0.1, -0.05) is 13.8 Å². The Morgan fingerprint density at radius 1 is 1.37 bits per heavy atom. The maximum absolute atomic E-state index is 12.6. The number of sulfonamides is 1. The molecule has 0 bridgehead atoms. The minimum absolute atomic E-state index is 0.304. The van der Waals surface area contributed by atoms with Crippen LogP contribution in [0.5, 0.6) is 0 Å². The zero-order valence-corrected chi connectivity index (χ0v) is 13.0. The molecule has 0 saturated carbocycles. The van der Waals surface area contributed by atoms with Crippen molar-refractivity contribution >= 4 is 27.6 Å². The number of rotatable bonds is 3. The molecule has 1 fully saturated rings. The van der Waals surface area contributed by atoms with Crippen LogP contribution in [0.15, 0.2) is 23.2 Å². The molecule has 0 amide bonds. The standard InChI is InChI=1S/C12H19N3O2S2/c1-9-7-15(8-10(2)18-9)19(16,17)11-4-5-14-12(6-11)13-3/h4-6,9-10H,7-8H2,1-3H3,(H,13,14). The van der Waals surface area contributed by atoms with Crippen LogP contribution < -0.4 is 5.32 Å². The van der Waals surface area contributed by atoms with E-state index in [1.165, 1.54) is 6.20 Å². The molecule has 1 aliphatic heterocycles. The summed E-state index contributed by atoms with van der Waals surface area (Å²) in [5.74, 6) is 0.563. The van der Waals surface area contributed by atoms with E-state index in [2.05, 4.69) is 24.1 Å². The summed E-state index contributed by atoms with van der Waals surface area (Å²) in [7, 11) is -1.70. The summed E-state index contributed by atoms with van der Waals surface area (Å²) in [4.78, 5) is 4.35. The molecule has 2 heterocycles.